The van der Waals surface area contributed by atoms with Gasteiger partial charge >= 0.3 is 5.69 Å². The molecule has 0 amide bonds. The fourth-order valence-corrected chi connectivity index (χ4v) is 5.90. The Hall–Kier alpha value is -3.43. The minimum Gasteiger partial charge on any atom is -0.369 e. The van der Waals surface area contributed by atoms with Gasteiger partial charge in [-0.3, -0.25) is 14.9 Å². The highest BCUT2D eigenvalue weighted by molar-refractivity contribution is 6.00. The average Bonchev–Trinajstić information content (AvgIpc) is 3.28. The second-order valence-electron chi connectivity index (χ2n) is 9.75. The first kappa shape index (κ1) is 20.2. The molecule has 6 rings (SSSR count). The number of aromatic nitrogens is 3. The third kappa shape index (κ3) is 3.27. The standard InChI is InChI=1S/C23H26N6O4/c1-14-5-7-26(8-6-14)19-10-18(21-22(25-33-24-21)23(19)29(31)32)27-11-15-9-16(13-27)17-3-2-4-20(30)28(17)12-15/h2-4,10,14-16H,5-9,11-13H2,1H3. The lowest BCUT2D eigenvalue weighted by Gasteiger charge is -2.44. The topological polar surface area (TPSA) is 111 Å². The number of nitro groups is 1. The van der Waals surface area contributed by atoms with Crippen LogP contribution in [0.4, 0.5) is 17.1 Å². The Morgan fingerprint density at radius 3 is 2.64 bits per heavy atom. The number of nitro benzene ring substituents is 1. The molecule has 3 aliphatic heterocycles. The van der Waals surface area contributed by atoms with Crippen molar-refractivity contribution in [2.24, 2.45) is 11.8 Å². The summed E-state index contributed by atoms with van der Waals surface area (Å²) < 4.78 is 6.92. The summed E-state index contributed by atoms with van der Waals surface area (Å²) >= 11 is 0. The molecule has 1 aromatic carbocycles. The Kier molecular flexibility index (Phi) is 4.63. The van der Waals surface area contributed by atoms with Gasteiger partial charge in [-0.2, -0.15) is 0 Å². The van der Waals surface area contributed by atoms with Crippen molar-refractivity contribution >= 4 is 28.1 Å². The van der Waals surface area contributed by atoms with Crippen molar-refractivity contribution in [1.82, 2.24) is 14.9 Å². The smallest absolute Gasteiger partial charge is 0.323 e. The van der Waals surface area contributed by atoms with E-state index in [1.807, 2.05) is 22.8 Å². The molecule has 2 atom stereocenters. The first-order valence-corrected chi connectivity index (χ1v) is 11.6. The molecule has 3 aliphatic rings. The molecule has 2 aromatic heterocycles. The van der Waals surface area contributed by atoms with Crippen LogP contribution in [-0.2, 0) is 6.54 Å². The predicted octanol–water partition coefficient (Wildman–Crippen LogP) is 3.15. The summed E-state index contributed by atoms with van der Waals surface area (Å²) in [4.78, 5) is 28.5. The maximum Gasteiger partial charge on any atom is 0.323 e. The third-order valence-corrected chi connectivity index (χ3v) is 7.60. The molecule has 0 spiro atoms. The number of anilines is 2. The lowest BCUT2D eigenvalue weighted by Crippen LogP contribution is -2.47. The molecule has 2 fully saturated rings. The van der Waals surface area contributed by atoms with Crippen LogP contribution in [0.1, 0.15) is 37.8 Å². The lowest BCUT2D eigenvalue weighted by atomic mass is 9.83. The van der Waals surface area contributed by atoms with Crippen LogP contribution >= 0.6 is 0 Å². The van der Waals surface area contributed by atoms with E-state index in [0.717, 1.165) is 56.8 Å². The maximum absolute atomic E-state index is 12.4. The highest BCUT2D eigenvalue weighted by Crippen LogP contribution is 2.44. The van der Waals surface area contributed by atoms with Crippen molar-refractivity contribution in [1.29, 1.82) is 0 Å². The minimum absolute atomic E-state index is 0.0290. The van der Waals surface area contributed by atoms with Gasteiger partial charge in [0.2, 0.25) is 5.52 Å². The summed E-state index contributed by atoms with van der Waals surface area (Å²) in [7, 11) is 0. The molecule has 0 aliphatic carbocycles. The van der Waals surface area contributed by atoms with Crippen molar-refractivity contribution < 1.29 is 9.55 Å². The van der Waals surface area contributed by atoms with E-state index in [1.54, 1.807) is 6.07 Å². The molecule has 10 nitrogen and oxygen atoms in total. The van der Waals surface area contributed by atoms with Gasteiger partial charge in [-0.05, 0) is 53.5 Å². The summed E-state index contributed by atoms with van der Waals surface area (Å²) in [5.41, 5.74) is 3.14. The third-order valence-electron chi connectivity index (χ3n) is 7.60. The fourth-order valence-electron chi connectivity index (χ4n) is 5.90. The Bertz CT molecular complexity index is 1290. The van der Waals surface area contributed by atoms with Gasteiger partial charge in [0.05, 0.1) is 10.6 Å². The normalized spacial score (nSPS) is 23.1. The van der Waals surface area contributed by atoms with E-state index in [2.05, 4.69) is 27.0 Å². The Morgan fingerprint density at radius 1 is 1.06 bits per heavy atom. The van der Waals surface area contributed by atoms with Crippen molar-refractivity contribution in [2.45, 2.75) is 38.6 Å². The summed E-state index contributed by atoms with van der Waals surface area (Å²) in [6.45, 7) is 5.94. The van der Waals surface area contributed by atoms with Gasteiger partial charge in [0, 0.05) is 50.4 Å². The van der Waals surface area contributed by atoms with Crippen LogP contribution in [0.15, 0.2) is 33.7 Å². The first-order valence-electron chi connectivity index (χ1n) is 11.6. The maximum atomic E-state index is 12.4. The fraction of sp³-hybridized carbons (Fsp3) is 0.522. The number of nitrogens with zero attached hydrogens (tertiary/aromatic N) is 6. The number of benzene rings is 1. The first-order chi connectivity index (χ1) is 16.0. The molecule has 3 aromatic rings. The van der Waals surface area contributed by atoms with E-state index >= 15 is 0 Å². The van der Waals surface area contributed by atoms with Gasteiger partial charge in [-0.15, -0.1) is 0 Å². The zero-order chi connectivity index (χ0) is 22.7. The molecule has 2 bridgehead atoms. The van der Waals surface area contributed by atoms with Crippen LogP contribution in [0, 0.1) is 22.0 Å². The molecule has 172 valence electrons. The Balaban J connectivity index is 1.44. The quantitative estimate of drug-likeness (QED) is 0.442. The van der Waals surface area contributed by atoms with E-state index in [4.69, 9.17) is 4.63 Å². The van der Waals surface area contributed by atoms with E-state index < -0.39 is 0 Å². The molecular formula is C23H26N6O4. The van der Waals surface area contributed by atoms with Crippen LogP contribution in [0.2, 0.25) is 0 Å². The predicted molar refractivity (Wildman–Crippen MR) is 123 cm³/mol. The molecular weight excluding hydrogens is 424 g/mol. The van der Waals surface area contributed by atoms with E-state index in [1.165, 1.54) is 0 Å². The summed E-state index contributed by atoms with van der Waals surface area (Å²) in [6, 6.07) is 7.40. The van der Waals surface area contributed by atoms with Crippen molar-refractivity contribution in [2.75, 3.05) is 36.0 Å². The van der Waals surface area contributed by atoms with Crippen LogP contribution in [0.25, 0.3) is 11.0 Å². The monoisotopic (exact) mass is 450 g/mol. The largest absolute Gasteiger partial charge is 0.369 e. The summed E-state index contributed by atoms with van der Waals surface area (Å²) in [6.07, 6.45) is 3.03. The number of rotatable bonds is 3. The number of hydrogen-bond acceptors (Lipinski definition) is 8. The Labute approximate surface area is 189 Å². The number of piperidine rings is 2. The molecule has 2 saturated heterocycles. The van der Waals surface area contributed by atoms with Gasteiger partial charge in [-0.25, -0.2) is 4.63 Å². The zero-order valence-corrected chi connectivity index (χ0v) is 18.5. The summed E-state index contributed by atoms with van der Waals surface area (Å²) in [5.74, 6) is 1.15. The second-order valence-corrected chi connectivity index (χ2v) is 9.75. The average molecular weight is 450 g/mol. The van der Waals surface area contributed by atoms with Crippen molar-refractivity contribution in [3.8, 4) is 0 Å². The highest BCUT2D eigenvalue weighted by Gasteiger charge is 2.37. The second kappa shape index (κ2) is 7.57. The van der Waals surface area contributed by atoms with E-state index in [9.17, 15) is 14.9 Å². The molecule has 0 N–H and O–H groups in total. The number of hydrogen-bond donors (Lipinski definition) is 0. The van der Waals surface area contributed by atoms with E-state index in [0.29, 0.717) is 29.6 Å². The van der Waals surface area contributed by atoms with Crippen LogP contribution in [-0.4, -0.2) is 46.0 Å². The van der Waals surface area contributed by atoms with Crippen LogP contribution in [0.3, 0.4) is 0 Å². The van der Waals surface area contributed by atoms with Crippen LogP contribution in [0.5, 0.6) is 0 Å². The molecule has 33 heavy (non-hydrogen) atoms. The molecule has 10 heteroatoms. The van der Waals surface area contributed by atoms with Gasteiger partial charge in [-0.1, -0.05) is 13.0 Å². The zero-order valence-electron chi connectivity index (χ0n) is 18.5. The van der Waals surface area contributed by atoms with Gasteiger partial charge < -0.3 is 14.4 Å². The van der Waals surface area contributed by atoms with Crippen molar-refractivity contribution in [3.05, 3.63) is 50.4 Å². The molecule has 2 unspecified atom stereocenters. The molecule has 0 saturated carbocycles. The van der Waals surface area contributed by atoms with E-state index in [-0.39, 0.29) is 27.6 Å². The van der Waals surface area contributed by atoms with Gasteiger partial charge in [0.1, 0.15) is 5.69 Å². The molecule has 5 heterocycles. The minimum atomic E-state index is -0.364. The molecule has 0 radical (unpaired) electrons. The summed E-state index contributed by atoms with van der Waals surface area (Å²) in [5, 5.41) is 20.1. The Morgan fingerprint density at radius 2 is 1.85 bits per heavy atom. The highest BCUT2D eigenvalue weighted by atomic mass is 16.6. The number of fused-ring (bicyclic) bond motifs is 5. The van der Waals surface area contributed by atoms with Gasteiger partial charge in [0.15, 0.2) is 5.52 Å². The SMILES string of the molecule is CC1CCN(c2cc(N3CC4CC(C3)c3cccc(=O)n3C4)c3nonc3c2[N+](=O)[O-])CC1. The van der Waals surface area contributed by atoms with Crippen molar-refractivity contribution in [3.63, 3.8) is 0 Å². The van der Waals surface area contributed by atoms with Crippen LogP contribution < -0.4 is 15.4 Å². The number of pyridine rings is 1. The lowest BCUT2D eigenvalue weighted by molar-refractivity contribution is -0.382. The van der Waals surface area contributed by atoms with Gasteiger partial charge in [0.25, 0.3) is 5.56 Å².